The van der Waals surface area contributed by atoms with E-state index in [2.05, 4.69) is 10.0 Å². The van der Waals surface area contributed by atoms with Gasteiger partial charge < -0.3 is 14.8 Å². The highest BCUT2D eigenvalue weighted by Crippen LogP contribution is 2.34. The molecular weight excluding hydrogens is 473 g/mol. The second-order valence-electron chi connectivity index (χ2n) is 6.91. The molecule has 3 rings (SSSR count). The fraction of sp³-hybridized carbons (Fsp3) is 0.174. The number of hydrogen-bond acceptors (Lipinski definition) is 5. The predicted octanol–water partition coefficient (Wildman–Crippen LogP) is 4.92. The van der Waals surface area contributed by atoms with E-state index >= 15 is 0 Å². The van der Waals surface area contributed by atoms with Gasteiger partial charge in [0.1, 0.15) is 11.5 Å². The topological polar surface area (TPSA) is 93.7 Å². The zero-order valence-electron chi connectivity index (χ0n) is 17.9. The van der Waals surface area contributed by atoms with Gasteiger partial charge in [0.2, 0.25) is 0 Å². The van der Waals surface area contributed by atoms with Crippen molar-refractivity contribution in [3.05, 3.63) is 78.4 Å². The number of rotatable bonds is 9. The summed E-state index contributed by atoms with van der Waals surface area (Å²) in [6.07, 6.45) is -4.62. The molecule has 0 saturated carbocycles. The number of benzene rings is 3. The molecule has 0 heterocycles. The molecule has 0 atom stereocenters. The standard InChI is InChI=1S/C23H21F3N2O5S/c1-2-32-17-9-7-16(8-10-17)28-34(30,31)19-13-11-18(12-14-19)33-15-22(29)27-21-6-4-3-5-20(21)23(24,25)26/h3-14,28H,2,15H2,1H3,(H,27,29). The molecule has 34 heavy (non-hydrogen) atoms. The number of para-hydroxylation sites is 1. The van der Waals surface area contributed by atoms with E-state index in [0.717, 1.165) is 12.1 Å². The van der Waals surface area contributed by atoms with Crippen molar-refractivity contribution in [2.24, 2.45) is 0 Å². The lowest BCUT2D eigenvalue weighted by Crippen LogP contribution is -2.22. The van der Waals surface area contributed by atoms with E-state index < -0.39 is 34.3 Å². The third-order valence-electron chi connectivity index (χ3n) is 4.43. The summed E-state index contributed by atoms with van der Waals surface area (Å²) in [7, 11) is -3.88. The quantitative estimate of drug-likeness (QED) is 0.440. The Hall–Kier alpha value is -3.73. The Balaban J connectivity index is 1.59. The Morgan fingerprint density at radius 2 is 1.47 bits per heavy atom. The van der Waals surface area contributed by atoms with Crippen molar-refractivity contribution in [2.75, 3.05) is 23.3 Å². The lowest BCUT2D eigenvalue weighted by Gasteiger charge is -2.14. The minimum atomic E-state index is -4.62. The second-order valence-corrected chi connectivity index (χ2v) is 8.60. The average molecular weight is 494 g/mol. The molecule has 0 saturated heterocycles. The van der Waals surface area contributed by atoms with Crippen LogP contribution in [-0.4, -0.2) is 27.5 Å². The van der Waals surface area contributed by atoms with E-state index in [0.29, 0.717) is 18.0 Å². The van der Waals surface area contributed by atoms with Crippen LogP contribution in [0.2, 0.25) is 0 Å². The number of amides is 1. The molecule has 0 aliphatic heterocycles. The van der Waals surface area contributed by atoms with Gasteiger partial charge in [-0.2, -0.15) is 13.2 Å². The average Bonchev–Trinajstić information content (AvgIpc) is 2.79. The Morgan fingerprint density at radius 3 is 2.09 bits per heavy atom. The molecule has 0 bridgehead atoms. The molecule has 0 unspecified atom stereocenters. The molecule has 1 amide bonds. The molecule has 0 radical (unpaired) electrons. The SMILES string of the molecule is CCOc1ccc(NS(=O)(=O)c2ccc(OCC(=O)Nc3ccccc3C(F)(F)F)cc2)cc1. The van der Waals surface area contributed by atoms with Gasteiger partial charge in [-0.25, -0.2) is 8.42 Å². The molecule has 3 aromatic rings. The first-order valence-electron chi connectivity index (χ1n) is 10.0. The third kappa shape index (κ3) is 6.64. The second kappa shape index (κ2) is 10.5. The number of carbonyl (C=O) groups excluding carboxylic acids is 1. The van der Waals surface area contributed by atoms with Crippen LogP contribution in [0.25, 0.3) is 0 Å². The summed E-state index contributed by atoms with van der Waals surface area (Å²) in [6, 6.07) is 16.2. The van der Waals surface area contributed by atoms with Gasteiger partial charge >= 0.3 is 6.18 Å². The highest BCUT2D eigenvalue weighted by Gasteiger charge is 2.33. The summed E-state index contributed by atoms with van der Waals surface area (Å²) < 4.78 is 77.2. The number of hydrogen-bond donors (Lipinski definition) is 2. The first kappa shape index (κ1) is 24.9. The molecule has 0 spiro atoms. The lowest BCUT2D eigenvalue weighted by atomic mass is 10.1. The maximum atomic E-state index is 13.0. The minimum Gasteiger partial charge on any atom is -0.494 e. The van der Waals surface area contributed by atoms with Crippen molar-refractivity contribution in [3.63, 3.8) is 0 Å². The fourth-order valence-electron chi connectivity index (χ4n) is 2.89. The number of ether oxygens (including phenoxy) is 2. The van der Waals surface area contributed by atoms with Gasteiger partial charge in [-0.05, 0) is 67.6 Å². The zero-order valence-corrected chi connectivity index (χ0v) is 18.7. The van der Waals surface area contributed by atoms with E-state index in [4.69, 9.17) is 9.47 Å². The number of carbonyl (C=O) groups is 1. The van der Waals surface area contributed by atoms with Gasteiger partial charge in [-0.1, -0.05) is 12.1 Å². The van der Waals surface area contributed by atoms with Crippen LogP contribution < -0.4 is 19.5 Å². The van der Waals surface area contributed by atoms with Gasteiger partial charge in [-0.15, -0.1) is 0 Å². The number of nitrogens with one attached hydrogen (secondary N) is 2. The van der Waals surface area contributed by atoms with Gasteiger partial charge in [-0.3, -0.25) is 9.52 Å². The summed E-state index contributed by atoms with van der Waals surface area (Å²) in [6.45, 7) is 1.76. The van der Waals surface area contributed by atoms with Gasteiger partial charge in [0.25, 0.3) is 15.9 Å². The van der Waals surface area contributed by atoms with Crippen molar-refractivity contribution in [3.8, 4) is 11.5 Å². The molecule has 0 fully saturated rings. The maximum Gasteiger partial charge on any atom is 0.418 e. The molecule has 180 valence electrons. The summed E-state index contributed by atoms with van der Waals surface area (Å²) in [5.74, 6) is -0.0253. The van der Waals surface area contributed by atoms with Crippen molar-refractivity contribution in [1.82, 2.24) is 0 Å². The molecule has 11 heteroatoms. The Kier molecular flexibility index (Phi) is 7.67. The van der Waals surface area contributed by atoms with Crippen LogP contribution in [0.4, 0.5) is 24.5 Å². The molecular formula is C23H21F3N2O5S. The van der Waals surface area contributed by atoms with Crippen LogP contribution in [0.15, 0.2) is 77.7 Å². The third-order valence-corrected chi connectivity index (χ3v) is 5.83. The van der Waals surface area contributed by atoms with E-state index in [1.165, 1.54) is 36.4 Å². The monoisotopic (exact) mass is 494 g/mol. The smallest absolute Gasteiger partial charge is 0.418 e. The number of alkyl halides is 3. The minimum absolute atomic E-state index is 0.0442. The van der Waals surface area contributed by atoms with Crippen molar-refractivity contribution in [1.29, 1.82) is 0 Å². The van der Waals surface area contributed by atoms with Crippen LogP contribution >= 0.6 is 0 Å². The first-order chi connectivity index (χ1) is 16.1. The number of sulfonamides is 1. The molecule has 0 aliphatic rings. The predicted molar refractivity (Wildman–Crippen MR) is 120 cm³/mol. The van der Waals surface area contributed by atoms with Crippen LogP contribution in [-0.2, 0) is 21.0 Å². The first-order valence-corrected chi connectivity index (χ1v) is 11.5. The van der Waals surface area contributed by atoms with Crippen molar-refractivity contribution >= 4 is 27.3 Å². The normalized spacial score (nSPS) is 11.5. The summed E-state index contributed by atoms with van der Waals surface area (Å²) >= 11 is 0. The van der Waals surface area contributed by atoms with Crippen molar-refractivity contribution in [2.45, 2.75) is 18.0 Å². The molecule has 2 N–H and O–H groups in total. The Labute approximate surface area is 194 Å². The maximum absolute atomic E-state index is 13.0. The summed E-state index contributed by atoms with van der Waals surface area (Å²) in [5, 5.41) is 2.16. The summed E-state index contributed by atoms with van der Waals surface area (Å²) in [4.78, 5) is 12.0. The van der Waals surface area contributed by atoms with Crippen LogP contribution in [0.5, 0.6) is 11.5 Å². The molecule has 0 aromatic heterocycles. The van der Waals surface area contributed by atoms with Crippen molar-refractivity contribution < 1.29 is 35.9 Å². The van der Waals surface area contributed by atoms with E-state index in [9.17, 15) is 26.4 Å². The number of halogens is 3. The number of anilines is 2. The van der Waals surface area contributed by atoms with Crippen LogP contribution in [0.3, 0.4) is 0 Å². The highest BCUT2D eigenvalue weighted by molar-refractivity contribution is 7.92. The Bertz CT molecular complexity index is 1230. The van der Waals surface area contributed by atoms with Crippen LogP contribution in [0.1, 0.15) is 12.5 Å². The van der Waals surface area contributed by atoms with E-state index in [1.807, 2.05) is 6.92 Å². The molecule has 0 aliphatic carbocycles. The zero-order chi connectivity index (χ0) is 24.8. The van der Waals surface area contributed by atoms with Gasteiger partial charge in [0, 0.05) is 5.69 Å². The van der Waals surface area contributed by atoms with E-state index in [-0.39, 0.29) is 16.3 Å². The fourth-order valence-corrected chi connectivity index (χ4v) is 3.95. The molecule has 3 aromatic carbocycles. The van der Waals surface area contributed by atoms with Gasteiger partial charge in [0.05, 0.1) is 22.8 Å². The highest BCUT2D eigenvalue weighted by atomic mass is 32.2. The van der Waals surface area contributed by atoms with Gasteiger partial charge in [0.15, 0.2) is 6.61 Å². The Morgan fingerprint density at radius 1 is 0.882 bits per heavy atom. The summed E-state index contributed by atoms with van der Waals surface area (Å²) in [5.41, 5.74) is -1.01. The van der Waals surface area contributed by atoms with E-state index in [1.54, 1.807) is 24.3 Å². The van der Waals surface area contributed by atoms with Crippen LogP contribution in [0, 0.1) is 0 Å². The molecule has 7 nitrogen and oxygen atoms in total. The lowest BCUT2D eigenvalue weighted by molar-refractivity contribution is -0.137. The largest absolute Gasteiger partial charge is 0.494 e.